The first-order valence-electron chi connectivity index (χ1n) is 9.40. The summed E-state index contributed by atoms with van der Waals surface area (Å²) in [5, 5.41) is 13.8. The first-order chi connectivity index (χ1) is 13.6. The molecule has 2 aliphatic rings. The minimum absolute atomic E-state index is 0.00474. The Hall–Kier alpha value is -1.56. The van der Waals surface area contributed by atoms with Gasteiger partial charge < -0.3 is 38.8 Å². The molecule has 2 saturated heterocycles. The zero-order valence-electron chi connectivity index (χ0n) is 17.5. The highest BCUT2D eigenvalue weighted by Crippen LogP contribution is 2.37. The van der Waals surface area contributed by atoms with Crippen LogP contribution in [0.5, 0.6) is 0 Å². The monoisotopic (exact) mass is 417 g/mol. The third-order valence-corrected chi connectivity index (χ3v) is 4.90. The van der Waals surface area contributed by atoms with Gasteiger partial charge in [-0.2, -0.15) is 0 Å². The maximum Gasteiger partial charge on any atom is 0.366 e. The maximum atomic E-state index is 12.6. The highest BCUT2D eigenvalue weighted by atomic mass is 16.8. The Labute approximate surface area is 170 Å². The van der Waals surface area contributed by atoms with Crippen molar-refractivity contribution in [2.45, 2.75) is 69.2 Å². The number of esters is 1. The number of aliphatic hydroxyl groups is 1. The molecule has 0 aromatic carbocycles. The summed E-state index contributed by atoms with van der Waals surface area (Å²) in [6, 6.07) is -0.773. The summed E-state index contributed by atoms with van der Waals surface area (Å²) in [5.41, 5.74) is 0. The second-order valence-electron chi connectivity index (χ2n) is 7.49. The molecule has 6 atom stereocenters. The van der Waals surface area contributed by atoms with Crippen molar-refractivity contribution in [2.24, 2.45) is 0 Å². The lowest BCUT2D eigenvalue weighted by atomic mass is 9.88. The Bertz CT molecular complexity index is 610. The summed E-state index contributed by atoms with van der Waals surface area (Å²) in [4.78, 5) is 24.4. The number of ether oxygens (including phenoxy) is 6. The number of carbonyl (C=O) groups is 2. The Morgan fingerprint density at radius 3 is 2.52 bits per heavy atom. The average Bonchev–Trinajstić information content (AvgIpc) is 3.05. The fourth-order valence-electron chi connectivity index (χ4n) is 3.59. The lowest BCUT2D eigenvalue weighted by molar-refractivity contribution is -0.311. The predicted molar refractivity (Wildman–Crippen MR) is 99.7 cm³/mol. The Balaban J connectivity index is 2.40. The van der Waals surface area contributed by atoms with E-state index in [0.717, 1.165) is 0 Å². The molecule has 0 aliphatic carbocycles. The van der Waals surface area contributed by atoms with Crippen LogP contribution in [-0.4, -0.2) is 86.4 Å². The quantitative estimate of drug-likeness (QED) is 0.411. The highest BCUT2D eigenvalue weighted by molar-refractivity contribution is 5.78. The van der Waals surface area contributed by atoms with Gasteiger partial charge in [-0.3, -0.25) is 4.79 Å². The molecule has 0 spiro atoms. The third-order valence-electron chi connectivity index (χ3n) is 4.90. The van der Waals surface area contributed by atoms with Gasteiger partial charge in [0.2, 0.25) is 5.91 Å². The van der Waals surface area contributed by atoms with Gasteiger partial charge in [0.25, 0.3) is 5.79 Å². The molecule has 2 rings (SSSR count). The molecule has 10 heteroatoms. The van der Waals surface area contributed by atoms with Crippen LogP contribution in [0.3, 0.4) is 0 Å². The number of hydrogen-bond donors (Lipinski definition) is 2. The van der Waals surface area contributed by atoms with Gasteiger partial charge in [0.15, 0.2) is 5.79 Å². The summed E-state index contributed by atoms with van der Waals surface area (Å²) in [7, 11) is 2.64. The molecule has 1 amide bonds. The van der Waals surface area contributed by atoms with E-state index >= 15 is 0 Å². The van der Waals surface area contributed by atoms with Crippen LogP contribution >= 0.6 is 0 Å². The molecule has 166 valence electrons. The van der Waals surface area contributed by atoms with E-state index in [1.807, 2.05) is 0 Å². The zero-order chi connectivity index (χ0) is 21.8. The second-order valence-corrected chi connectivity index (χ2v) is 7.49. The SMILES string of the molecule is C=CCO[C@]1(C(=O)OC)C[C@H](OC)[C@@H](NC(C)=O)[C@H]([C@H](O)[C@H]2COC(C)(C)O2)O1. The van der Waals surface area contributed by atoms with Gasteiger partial charge in [-0.25, -0.2) is 4.79 Å². The lowest BCUT2D eigenvalue weighted by Gasteiger charge is -2.47. The van der Waals surface area contributed by atoms with Crippen LogP contribution in [0.4, 0.5) is 0 Å². The normalized spacial score (nSPS) is 35.0. The number of hydrogen-bond acceptors (Lipinski definition) is 9. The standard InChI is InChI=1S/C19H31NO9/c1-7-8-26-19(17(23)25-6)9-12(24-5)14(20-11(2)21)16(29-19)15(22)13-10-27-18(3,4)28-13/h7,12-16,22H,1,8-10H2,2-6H3,(H,20,21)/t12-,13+,14+,15+,16+,19+/m0/s1. The minimum atomic E-state index is -1.85. The average molecular weight is 417 g/mol. The number of carbonyl (C=O) groups excluding carboxylic acids is 2. The van der Waals surface area contributed by atoms with Crippen molar-refractivity contribution in [1.82, 2.24) is 5.32 Å². The molecule has 0 bridgehead atoms. The van der Waals surface area contributed by atoms with Gasteiger partial charge in [-0.15, -0.1) is 6.58 Å². The zero-order valence-corrected chi connectivity index (χ0v) is 17.5. The van der Waals surface area contributed by atoms with Crippen molar-refractivity contribution in [3.63, 3.8) is 0 Å². The third kappa shape index (κ3) is 5.33. The maximum absolute atomic E-state index is 12.6. The number of methoxy groups -OCH3 is 2. The fourth-order valence-corrected chi connectivity index (χ4v) is 3.59. The van der Waals surface area contributed by atoms with Crippen LogP contribution in [0.2, 0.25) is 0 Å². The molecule has 0 aromatic heterocycles. The molecule has 2 N–H and O–H groups in total. The van der Waals surface area contributed by atoms with Crippen LogP contribution in [0.15, 0.2) is 12.7 Å². The molecule has 29 heavy (non-hydrogen) atoms. The first kappa shape index (κ1) is 23.7. The van der Waals surface area contributed by atoms with Crippen molar-refractivity contribution in [2.75, 3.05) is 27.4 Å². The number of amides is 1. The topological polar surface area (TPSA) is 122 Å². The van der Waals surface area contributed by atoms with Crippen molar-refractivity contribution in [3.8, 4) is 0 Å². The van der Waals surface area contributed by atoms with Crippen LogP contribution < -0.4 is 5.32 Å². The smallest absolute Gasteiger partial charge is 0.366 e. The molecule has 0 radical (unpaired) electrons. The van der Waals surface area contributed by atoms with E-state index in [0.29, 0.717) is 0 Å². The first-order valence-corrected chi connectivity index (χ1v) is 9.40. The van der Waals surface area contributed by atoms with Crippen LogP contribution in [0.1, 0.15) is 27.2 Å². The molecule has 2 heterocycles. The fraction of sp³-hybridized carbons (Fsp3) is 0.789. The van der Waals surface area contributed by atoms with Gasteiger partial charge >= 0.3 is 5.97 Å². The largest absolute Gasteiger partial charge is 0.465 e. The van der Waals surface area contributed by atoms with Crippen molar-refractivity contribution >= 4 is 11.9 Å². The van der Waals surface area contributed by atoms with Gasteiger partial charge in [0.05, 0.1) is 32.5 Å². The molecule has 2 aliphatic heterocycles. The summed E-state index contributed by atoms with van der Waals surface area (Å²) in [6.45, 7) is 8.46. The number of rotatable bonds is 8. The van der Waals surface area contributed by atoms with E-state index in [9.17, 15) is 14.7 Å². The summed E-state index contributed by atoms with van der Waals surface area (Å²) in [5.74, 6) is -3.87. The van der Waals surface area contributed by atoms with Crippen LogP contribution in [0, 0.1) is 0 Å². The summed E-state index contributed by atoms with van der Waals surface area (Å²) >= 11 is 0. The van der Waals surface area contributed by atoms with E-state index in [-0.39, 0.29) is 25.5 Å². The van der Waals surface area contributed by atoms with E-state index in [1.165, 1.54) is 27.2 Å². The molecule has 0 aromatic rings. The lowest BCUT2D eigenvalue weighted by Crippen LogP contribution is -2.68. The van der Waals surface area contributed by atoms with Gasteiger partial charge in [-0.05, 0) is 13.8 Å². The van der Waals surface area contributed by atoms with E-state index in [4.69, 9.17) is 28.4 Å². The minimum Gasteiger partial charge on any atom is -0.465 e. The van der Waals surface area contributed by atoms with Crippen LogP contribution in [-0.2, 0) is 38.0 Å². The van der Waals surface area contributed by atoms with E-state index < -0.39 is 48.0 Å². The van der Waals surface area contributed by atoms with Crippen molar-refractivity contribution < 1.29 is 43.1 Å². The predicted octanol–water partition coefficient (Wildman–Crippen LogP) is -0.121. The highest BCUT2D eigenvalue weighted by Gasteiger charge is 2.57. The molecule has 0 saturated carbocycles. The summed E-state index contributed by atoms with van der Waals surface area (Å²) < 4.78 is 33.3. The Kier molecular flexibility index (Phi) is 7.77. The van der Waals surface area contributed by atoms with Gasteiger partial charge in [-0.1, -0.05) is 6.08 Å². The van der Waals surface area contributed by atoms with E-state index in [1.54, 1.807) is 13.8 Å². The molecular weight excluding hydrogens is 386 g/mol. The van der Waals surface area contributed by atoms with Crippen molar-refractivity contribution in [3.05, 3.63) is 12.7 Å². The molecule has 2 fully saturated rings. The Morgan fingerprint density at radius 2 is 2.03 bits per heavy atom. The Morgan fingerprint density at radius 1 is 1.34 bits per heavy atom. The number of nitrogens with one attached hydrogen (secondary N) is 1. The number of aliphatic hydroxyl groups excluding tert-OH is 1. The summed E-state index contributed by atoms with van der Waals surface area (Å²) in [6.07, 6.45) is -2.45. The van der Waals surface area contributed by atoms with Gasteiger partial charge in [0.1, 0.15) is 18.3 Å². The van der Waals surface area contributed by atoms with Crippen LogP contribution in [0.25, 0.3) is 0 Å². The molecular formula is C19H31NO9. The van der Waals surface area contributed by atoms with E-state index in [2.05, 4.69) is 11.9 Å². The van der Waals surface area contributed by atoms with Gasteiger partial charge in [0, 0.05) is 20.5 Å². The second kappa shape index (κ2) is 9.50. The molecule has 10 nitrogen and oxygen atoms in total. The molecule has 0 unspecified atom stereocenters. The van der Waals surface area contributed by atoms with Crippen molar-refractivity contribution in [1.29, 1.82) is 0 Å².